The molecule has 2 aromatic rings. The smallest absolute Gasteiger partial charge is 0.156 e. The molecule has 0 unspecified atom stereocenters. The standard InChI is InChI=1S/C13H14BrFN4/c1-19-12(13(14)17-18-19)8-2-3-9(11(15)6-8)7-16-10-4-5-10/h2-3,6,10,16H,4-5,7H2,1H3. The molecular weight excluding hydrogens is 311 g/mol. The van der Waals surface area contributed by atoms with E-state index in [4.69, 9.17) is 0 Å². The first-order valence-corrected chi connectivity index (χ1v) is 7.02. The van der Waals surface area contributed by atoms with Gasteiger partial charge in [-0.15, -0.1) is 5.10 Å². The molecular formula is C13H14BrFN4. The van der Waals surface area contributed by atoms with E-state index in [1.54, 1.807) is 11.7 Å². The molecule has 0 spiro atoms. The van der Waals surface area contributed by atoms with E-state index in [1.807, 2.05) is 12.1 Å². The molecule has 1 fully saturated rings. The number of nitrogens with zero attached hydrogens (tertiary/aromatic N) is 3. The summed E-state index contributed by atoms with van der Waals surface area (Å²) in [5.74, 6) is -0.196. The summed E-state index contributed by atoms with van der Waals surface area (Å²) in [5.41, 5.74) is 2.24. The average molecular weight is 325 g/mol. The van der Waals surface area contributed by atoms with Crippen LogP contribution in [0.15, 0.2) is 22.8 Å². The Bertz CT molecular complexity index is 587. The molecule has 0 aliphatic heterocycles. The van der Waals surface area contributed by atoms with E-state index in [1.165, 1.54) is 18.9 Å². The molecule has 1 saturated carbocycles. The Morgan fingerprint density at radius 1 is 1.47 bits per heavy atom. The van der Waals surface area contributed by atoms with Crippen LogP contribution in [-0.2, 0) is 13.6 Å². The van der Waals surface area contributed by atoms with Crippen molar-refractivity contribution in [3.8, 4) is 11.3 Å². The second kappa shape index (κ2) is 5.02. The summed E-state index contributed by atoms with van der Waals surface area (Å²) in [7, 11) is 1.79. The number of hydrogen-bond acceptors (Lipinski definition) is 3. The normalized spacial score (nSPS) is 14.9. The van der Waals surface area contributed by atoms with E-state index in [0.29, 0.717) is 22.8 Å². The monoisotopic (exact) mass is 324 g/mol. The highest BCUT2D eigenvalue weighted by Gasteiger charge is 2.20. The fourth-order valence-corrected chi connectivity index (χ4v) is 2.57. The summed E-state index contributed by atoms with van der Waals surface area (Å²) in [6, 6.07) is 5.83. The third-order valence-corrected chi connectivity index (χ3v) is 3.80. The van der Waals surface area contributed by atoms with Gasteiger partial charge in [-0.2, -0.15) is 0 Å². The third-order valence-electron chi connectivity index (χ3n) is 3.27. The van der Waals surface area contributed by atoms with Crippen molar-refractivity contribution in [1.29, 1.82) is 0 Å². The minimum absolute atomic E-state index is 0.196. The highest BCUT2D eigenvalue weighted by Crippen LogP contribution is 2.27. The maximum absolute atomic E-state index is 14.1. The van der Waals surface area contributed by atoms with Gasteiger partial charge in [0.2, 0.25) is 0 Å². The lowest BCUT2D eigenvalue weighted by Gasteiger charge is -2.07. The SMILES string of the molecule is Cn1nnc(Br)c1-c1ccc(CNC2CC2)c(F)c1. The molecule has 100 valence electrons. The molecule has 3 rings (SSSR count). The van der Waals surface area contributed by atoms with Crippen LogP contribution in [0.1, 0.15) is 18.4 Å². The Kier molecular flexibility index (Phi) is 3.36. The van der Waals surface area contributed by atoms with Gasteiger partial charge in [0, 0.05) is 30.8 Å². The van der Waals surface area contributed by atoms with Crippen LogP contribution in [0.25, 0.3) is 11.3 Å². The minimum atomic E-state index is -0.196. The molecule has 6 heteroatoms. The number of benzene rings is 1. The maximum atomic E-state index is 14.1. The molecule has 1 aliphatic rings. The topological polar surface area (TPSA) is 42.7 Å². The van der Waals surface area contributed by atoms with E-state index in [-0.39, 0.29) is 5.82 Å². The number of rotatable bonds is 4. The quantitative estimate of drug-likeness (QED) is 0.940. The van der Waals surface area contributed by atoms with Crippen LogP contribution in [-0.4, -0.2) is 21.0 Å². The van der Waals surface area contributed by atoms with Gasteiger partial charge in [0.25, 0.3) is 0 Å². The van der Waals surface area contributed by atoms with Crippen molar-refractivity contribution in [1.82, 2.24) is 20.3 Å². The highest BCUT2D eigenvalue weighted by atomic mass is 79.9. The number of hydrogen-bond donors (Lipinski definition) is 1. The van der Waals surface area contributed by atoms with Gasteiger partial charge < -0.3 is 5.32 Å². The van der Waals surface area contributed by atoms with E-state index in [0.717, 1.165) is 11.3 Å². The second-order valence-electron chi connectivity index (χ2n) is 4.81. The zero-order valence-electron chi connectivity index (χ0n) is 10.5. The van der Waals surface area contributed by atoms with Gasteiger partial charge in [-0.3, -0.25) is 0 Å². The van der Waals surface area contributed by atoms with Crippen LogP contribution in [0.4, 0.5) is 4.39 Å². The van der Waals surface area contributed by atoms with Crippen molar-refractivity contribution < 1.29 is 4.39 Å². The van der Waals surface area contributed by atoms with Crippen molar-refractivity contribution >= 4 is 15.9 Å². The minimum Gasteiger partial charge on any atom is -0.310 e. The summed E-state index contributed by atoms with van der Waals surface area (Å²) in [5, 5.41) is 11.1. The zero-order chi connectivity index (χ0) is 13.4. The van der Waals surface area contributed by atoms with Crippen LogP contribution < -0.4 is 5.32 Å². The van der Waals surface area contributed by atoms with E-state index in [9.17, 15) is 4.39 Å². The van der Waals surface area contributed by atoms with Gasteiger partial charge in [0.1, 0.15) is 11.5 Å². The number of aromatic nitrogens is 3. The summed E-state index contributed by atoms with van der Waals surface area (Å²) in [6.07, 6.45) is 2.40. The summed E-state index contributed by atoms with van der Waals surface area (Å²) in [4.78, 5) is 0. The zero-order valence-corrected chi connectivity index (χ0v) is 12.1. The molecule has 1 heterocycles. The van der Waals surface area contributed by atoms with E-state index >= 15 is 0 Å². The molecule has 0 amide bonds. The van der Waals surface area contributed by atoms with Crippen molar-refractivity contribution in [3.05, 3.63) is 34.2 Å². The first kappa shape index (κ1) is 12.7. The van der Waals surface area contributed by atoms with Gasteiger partial charge in [-0.05, 0) is 34.8 Å². The maximum Gasteiger partial charge on any atom is 0.156 e. The Hall–Kier alpha value is -1.27. The Morgan fingerprint density at radius 2 is 2.26 bits per heavy atom. The lowest BCUT2D eigenvalue weighted by molar-refractivity contribution is 0.587. The summed E-state index contributed by atoms with van der Waals surface area (Å²) >= 11 is 3.33. The predicted molar refractivity (Wildman–Crippen MR) is 74.0 cm³/mol. The van der Waals surface area contributed by atoms with Crippen LogP contribution in [0.2, 0.25) is 0 Å². The van der Waals surface area contributed by atoms with Gasteiger partial charge in [0.15, 0.2) is 4.60 Å². The van der Waals surface area contributed by atoms with Crippen LogP contribution in [0.3, 0.4) is 0 Å². The molecule has 0 saturated heterocycles. The molecule has 0 atom stereocenters. The highest BCUT2D eigenvalue weighted by molar-refractivity contribution is 9.10. The van der Waals surface area contributed by atoms with Crippen molar-refractivity contribution in [2.75, 3.05) is 0 Å². The molecule has 1 aliphatic carbocycles. The van der Waals surface area contributed by atoms with E-state index < -0.39 is 0 Å². The lowest BCUT2D eigenvalue weighted by atomic mass is 10.1. The summed E-state index contributed by atoms with van der Waals surface area (Å²) in [6.45, 7) is 0.585. The largest absolute Gasteiger partial charge is 0.310 e. The van der Waals surface area contributed by atoms with Crippen LogP contribution in [0.5, 0.6) is 0 Å². The first-order chi connectivity index (χ1) is 9.15. The third kappa shape index (κ3) is 2.69. The molecule has 1 aromatic carbocycles. The second-order valence-corrected chi connectivity index (χ2v) is 5.56. The first-order valence-electron chi connectivity index (χ1n) is 6.22. The Balaban J connectivity index is 1.85. The molecule has 1 aromatic heterocycles. The number of halogens is 2. The van der Waals surface area contributed by atoms with Gasteiger partial charge in [0.05, 0.1) is 0 Å². The molecule has 4 nitrogen and oxygen atoms in total. The lowest BCUT2D eigenvalue weighted by Crippen LogP contribution is -2.16. The van der Waals surface area contributed by atoms with Gasteiger partial charge in [-0.25, -0.2) is 9.07 Å². The van der Waals surface area contributed by atoms with Crippen molar-refractivity contribution in [2.45, 2.75) is 25.4 Å². The fraction of sp³-hybridized carbons (Fsp3) is 0.385. The molecule has 1 N–H and O–H groups in total. The molecule has 19 heavy (non-hydrogen) atoms. The summed E-state index contributed by atoms with van der Waals surface area (Å²) < 4.78 is 16.3. The predicted octanol–water partition coefficient (Wildman–Crippen LogP) is 2.64. The van der Waals surface area contributed by atoms with E-state index in [2.05, 4.69) is 31.6 Å². The molecule has 0 bridgehead atoms. The Morgan fingerprint density at radius 3 is 2.84 bits per heavy atom. The number of aryl methyl sites for hydroxylation is 1. The van der Waals surface area contributed by atoms with Crippen LogP contribution >= 0.6 is 15.9 Å². The number of nitrogens with one attached hydrogen (secondary N) is 1. The van der Waals surface area contributed by atoms with Crippen molar-refractivity contribution in [3.63, 3.8) is 0 Å². The average Bonchev–Trinajstić information content (AvgIpc) is 3.14. The van der Waals surface area contributed by atoms with Gasteiger partial charge >= 0.3 is 0 Å². The van der Waals surface area contributed by atoms with Crippen LogP contribution in [0, 0.1) is 5.82 Å². The fourth-order valence-electron chi connectivity index (χ4n) is 2.02. The van der Waals surface area contributed by atoms with Gasteiger partial charge in [-0.1, -0.05) is 17.3 Å². The van der Waals surface area contributed by atoms with Crippen molar-refractivity contribution in [2.24, 2.45) is 7.05 Å². The molecule has 0 radical (unpaired) electrons. The Labute approximate surface area is 119 Å².